The van der Waals surface area contributed by atoms with Crippen LogP contribution in [0.2, 0.25) is 0 Å². The molecule has 0 saturated carbocycles. The molecule has 0 fully saturated rings. The molecule has 0 bridgehead atoms. The Morgan fingerprint density at radius 1 is 0.765 bits per heavy atom. The second-order valence-corrected chi connectivity index (χ2v) is 4.48. The fourth-order valence-electron chi connectivity index (χ4n) is 2.16. The molecule has 0 radical (unpaired) electrons. The predicted octanol–water partition coefficient (Wildman–Crippen LogP) is 3.50. The summed E-state index contributed by atoms with van der Waals surface area (Å²) in [7, 11) is 0. The number of aryl methyl sites for hydroxylation is 1. The van der Waals surface area contributed by atoms with Crippen molar-refractivity contribution in [1.82, 2.24) is 0 Å². The van der Waals surface area contributed by atoms with E-state index in [0.29, 0.717) is 0 Å². The van der Waals surface area contributed by atoms with E-state index in [0.717, 1.165) is 13.1 Å². The molecule has 0 aliphatic carbocycles. The summed E-state index contributed by atoms with van der Waals surface area (Å²) >= 11 is 0. The SMILES string of the molecule is Cc1ccc(-c2ccc3c(c2)NCCN3)cc1. The Morgan fingerprint density at radius 2 is 1.41 bits per heavy atom. The Kier molecular flexibility index (Phi) is 2.48. The summed E-state index contributed by atoms with van der Waals surface area (Å²) in [5.74, 6) is 0. The van der Waals surface area contributed by atoms with Crippen molar-refractivity contribution in [2.75, 3.05) is 23.7 Å². The monoisotopic (exact) mass is 224 g/mol. The van der Waals surface area contributed by atoms with Gasteiger partial charge in [0.05, 0.1) is 11.4 Å². The van der Waals surface area contributed by atoms with Crippen LogP contribution in [0.1, 0.15) is 5.56 Å². The smallest absolute Gasteiger partial charge is 0.0582 e. The van der Waals surface area contributed by atoms with E-state index < -0.39 is 0 Å². The maximum atomic E-state index is 3.42. The van der Waals surface area contributed by atoms with E-state index in [2.05, 4.69) is 60.0 Å². The van der Waals surface area contributed by atoms with E-state index in [1.807, 2.05) is 0 Å². The fraction of sp³-hybridized carbons (Fsp3) is 0.200. The standard InChI is InChI=1S/C15H16N2/c1-11-2-4-12(5-3-11)13-6-7-14-15(10-13)17-9-8-16-14/h2-7,10,16-17H,8-9H2,1H3. The van der Waals surface area contributed by atoms with E-state index in [4.69, 9.17) is 0 Å². The van der Waals surface area contributed by atoms with Gasteiger partial charge in [-0.05, 0) is 30.2 Å². The quantitative estimate of drug-likeness (QED) is 0.774. The molecule has 2 N–H and O–H groups in total. The van der Waals surface area contributed by atoms with Crippen molar-refractivity contribution in [2.24, 2.45) is 0 Å². The molecule has 2 heteroatoms. The summed E-state index contributed by atoms with van der Waals surface area (Å²) in [6.07, 6.45) is 0. The van der Waals surface area contributed by atoms with E-state index >= 15 is 0 Å². The van der Waals surface area contributed by atoms with Crippen molar-refractivity contribution in [3.8, 4) is 11.1 Å². The van der Waals surface area contributed by atoms with Gasteiger partial charge in [0.15, 0.2) is 0 Å². The first-order valence-corrected chi connectivity index (χ1v) is 6.02. The van der Waals surface area contributed by atoms with Crippen LogP contribution in [0.3, 0.4) is 0 Å². The summed E-state index contributed by atoms with van der Waals surface area (Å²) in [6.45, 7) is 4.10. The first-order chi connectivity index (χ1) is 8.33. The van der Waals surface area contributed by atoms with Crippen molar-refractivity contribution in [3.63, 3.8) is 0 Å². The second-order valence-electron chi connectivity index (χ2n) is 4.48. The van der Waals surface area contributed by atoms with E-state index in [-0.39, 0.29) is 0 Å². The van der Waals surface area contributed by atoms with Crippen LogP contribution in [-0.4, -0.2) is 13.1 Å². The summed E-state index contributed by atoms with van der Waals surface area (Å²) < 4.78 is 0. The third-order valence-corrected chi connectivity index (χ3v) is 3.16. The molecule has 3 rings (SSSR count). The van der Waals surface area contributed by atoms with Crippen molar-refractivity contribution in [3.05, 3.63) is 48.0 Å². The number of rotatable bonds is 1. The Labute approximate surface area is 102 Å². The second kappa shape index (κ2) is 4.13. The molecule has 0 unspecified atom stereocenters. The van der Waals surface area contributed by atoms with Gasteiger partial charge in [0.1, 0.15) is 0 Å². The highest BCUT2D eigenvalue weighted by Gasteiger charge is 2.08. The van der Waals surface area contributed by atoms with E-state index in [1.165, 1.54) is 28.1 Å². The van der Waals surface area contributed by atoms with Gasteiger partial charge >= 0.3 is 0 Å². The lowest BCUT2D eigenvalue weighted by Gasteiger charge is -2.20. The number of fused-ring (bicyclic) bond motifs is 1. The molecule has 0 saturated heterocycles. The molecule has 0 aromatic heterocycles. The molecule has 2 aromatic rings. The normalized spacial score (nSPS) is 13.5. The van der Waals surface area contributed by atoms with Crippen molar-refractivity contribution < 1.29 is 0 Å². The van der Waals surface area contributed by atoms with Crippen LogP contribution in [0.4, 0.5) is 11.4 Å². The predicted molar refractivity (Wildman–Crippen MR) is 73.6 cm³/mol. The number of hydrogen-bond donors (Lipinski definition) is 2. The fourth-order valence-corrected chi connectivity index (χ4v) is 2.16. The van der Waals surface area contributed by atoms with Crippen molar-refractivity contribution >= 4 is 11.4 Å². The van der Waals surface area contributed by atoms with Gasteiger partial charge in [0.2, 0.25) is 0 Å². The van der Waals surface area contributed by atoms with Gasteiger partial charge in [-0.2, -0.15) is 0 Å². The third kappa shape index (κ3) is 1.98. The first kappa shape index (κ1) is 10.2. The van der Waals surface area contributed by atoms with Crippen LogP contribution >= 0.6 is 0 Å². The highest BCUT2D eigenvalue weighted by molar-refractivity contribution is 5.78. The van der Waals surface area contributed by atoms with Gasteiger partial charge in [0.25, 0.3) is 0 Å². The zero-order valence-corrected chi connectivity index (χ0v) is 9.96. The van der Waals surface area contributed by atoms with E-state index in [1.54, 1.807) is 0 Å². The molecule has 1 aliphatic rings. The lowest BCUT2D eigenvalue weighted by molar-refractivity contribution is 1.05. The minimum atomic E-state index is 0.990. The Balaban J connectivity index is 2.01. The molecule has 2 aromatic carbocycles. The molecular formula is C15H16N2. The average molecular weight is 224 g/mol. The molecular weight excluding hydrogens is 208 g/mol. The maximum absolute atomic E-state index is 3.42. The Morgan fingerprint density at radius 3 is 2.18 bits per heavy atom. The van der Waals surface area contributed by atoms with Crippen LogP contribution in [0.5, 0.6) is 0 Å². The summed E-state index contributed by atoms with van der Waals surface area (Å²) in [4.78, 5) is 0. The third-order valence-electron chi connectivity index (χ3n) is 3.16. The van der Waals surface area contributed by atoms with E-state index in [9.17, 15) is 0 Å². The van der Waals surface area contributed by atoms with Crippen molar-refractivity contribution in [2.45, 2.75) is 6.92 Å². The van der Waals surface area contributed by atoms with Crippen LogP contribution < -0.4 is 10.6 Å². The first-order valence-electron chi connectivity index (χ1n) is 6.02. The lowest BCUT2D eigenvalue weighted by Crippen LogP contribution is -2.20. The highest BCUT2D eigenvalue weighted by Crippen LogP contribution is 2.30. The number of hydrogen-bond acceptors (Lipinski definition) is 2. The molecule has 17 heavy (non-hydrogen) atoms. The van der Waals surface area contributed by atoms with Gasteiger partial charge in [-0.1, -0.05) is 35.9 Å². The number of benzene rings is 2. The highest BCUT2D eigenvalue weighted by atomic mass is 15.0. The molecule has 86 valence electrons. The summed E-state index contributed by atoms with van der Waals surface area (Å²) in [6, 6.07) is 15.2. The lowest BCUT2D eigenvalue weighted by atomic mass is 10.0. The summed E-state index contributed by atoms with van der Waals surface area (Å²) in [5.41, 5.74) is 6.23. The minimum Gasteiger partial charge on any atom is -0.382 e. The van der Waals surface area contributed by atoms with Crippen LogP contribution in [0.15, 0.2) is 42.5 Å². The molecule has 0 spiro atoms. The maximum Gasteiger partial charge on any atom is 0.0582 e. The van der Waals surface area contributed by atoms with Gasteiger partial charge in [-0.25, -0.2) is 0 Å². The largest absolute Gasteiger partial charge is 0.382 e. The zero-order valence-electron chi connectivity index (χ0n) is 9.96. The van der Waals surface area contributed by atoms with Crippen LogP contribution in [-0.2, 0) is 0 Å². The van der Waals surface area contributed by atoms with Gasteiger partial charge in [-0.3, -0.25) is 0 Å². The van der Waals surface area contributed by atoms with Crippen molar-refractivity contribution in [1.29, 1.82) is 0 Å². The number of nitrogens with one attached hydrogen (secondary N) is 2. The zero-order chi connectivity index (χ0) is 11.7. The van der Waals surface area contributed by atoms with Gasteiger partial charge in [0, 0.05) is 13.1 Å². The van der Waals surface area contributed by atoms with Crippen LogP contribution in [0.25, 0.3) is 11.1 Å². The Bertz CT molecular complexity index is 529. The van der Waals surface area contributed by atoms with Crippen LogP contribution in [0, 0.1) is 6.92 Å². The molecule has 2 nitrogen and oxygen atoms in total. The molecule has 1 heterocycles. The molecule has 0 atom stereocenters. The average Bonchev–Trinajstić information content (AvgIpc) is 2.39. The minimum absolute atomic E-state index is 0.990. The van der Waals surface area contributed by atoms with Gasteiger partial charge < -0.3 is 10.6 Å². The summed E-state index contributed by atoms with van der Waals surface area (Å²) in [5, 5.41) is 6.81. The van der Waals surface area contributed by atoms with Gasteiger partial charge in [-0.15, -0.1) is 0 Å². The number of anilines is 2. The molecule has 0 amide bonds. The topological polar surface area (TPSA) is 24.1 Å². The molecule has 1 aliphatic heterocycles. The Hall–Kier alpha value is -1.96.